The minimum atomic E-state index is -0.891. The average molecular weight is 319 g/mol. The number of carbonyl (C=O) groups is 1. The summed E-state index contributed by atoms with van der Waals surface area (Å²) in [4.78, 5) is 14.4. The Kier molecular flexibility index (Phi) is 3.85. The second-order valence-corrected chi connectivity index (χ2v) is 7.33. The molecule has 7 nitrogen and oxygen atoms in total. The molecule has 0 spiro atoms. The van der Waals surface area contributed by atoms with E-state index in [0.29, 0.717) is 26.1 Å². The van der Waals surface area contributed by atoms with Crippen LogP contribution in [0, 0.1) is 5.92 Å². The van der Waals surface area contributed by atoms with Crippen LogP contribution in [0.2, 0.25) is 0 Å². The third kappa shape index (κ3) is 3.26. The summed E-state index contributed by atoms with van der Waals surface area (Å²) in [6.07, 6.45) is 5.44. The molecule has 1 aliphatic carbocycles. The summed E-state index contributed by atoms with van der Waals surface area (Å²) < 4.78 is 2.18. The zero-order valence-electron chi connectivity index (χ0n) is 13.5. The summed E-state index contributed by atoms with van der Waals surface area (Å²) in [6.45, 7) is 3.40. The lowest BCUT2D eigenvalue weighted by Crippen LogP contribution is -2.50. The van der Waals surface area contributed by atoms with Crippen molar-refractivity contribution in [3.8, 4) is 0 Å². The van der Waals surface area contributed by atoms with Crippen molar-refractivity contribution in [3.05, 3.63) is 11.6 Å². The molecule has 1 amide bonds. The lowest BCUT2D eigenvalue weighted by molar-refractivity contribution is -0.138. The van der Waals surface area contributed by atoms with Gasteiger partial charge in [-0.1, -0.05) is 0 Å². The number of β-amino-alcohol motifs (C(OH)–C–C–N with tert-alkyl or cyclic N) is 1. The normalized spacial score (nSPS) is 27.8. The Hall–Kier alpha value is -1.47. The third-order valence-electron chi connectivity index (χ3n) is 5.28. The van der Waals surface area contributed by atoms with Crippen LogP contribution in [0.1, 0.15) is 43.8 Å². The van der Waals surface area contributed by atoms with Crippen LogP contribution >= 0.6 is 0 Å². The van der Waals surface area contributed by atoms with Crippen LogP contribution in [0.3, 0.4) is 0 Å². The predicted molar refractivity (Wildman–Crippen MR) is 83.5 cm³/mol. The summed E-state index contributed by atoms with van der Waals surface area (Å²) in [5.41, 5.74) is -0.891. The van der Waals surface area contributed by atoms with E-state index in [2.05, 4.69) is 20.1 Å². The molecular formula is C16H25N5O2. The van der Waals surface area contributed by atoms with Crippen molar-refractivity contribution < 1.29 is 9.90 Å². The molecule has 23 heavy (non-hydrogen) atoms. The predicted octanol–water partition coefficient (Wildman–Crippen LogP) is 0.0774. The summed E-state index contributed by atoms with van der Waals surface area (Å²) >= 11 is 0. The molecule has 4 rings (SSSR count). The highest BCUT2D eigenvalue weighted by atomic mass is 16.3. The lowest BCUT2D eigenvalue weighted by Gasteiger charge is -2.35. The number of fused-ring (bicyclic) bond motifs is 1. The van der Waals surface area contributed by atoms with Crippen LogP contribution in [-0.4, -0.2) is 55.9 Å². The van der Waals surface area contributed by atoms with Crippen LogP contribution in [0.4, 0.5) is 0 Å². The standard InChI is InChI=1S/C16H25N5O2/c22-15(9-16(23)4-1-5-17-11-16)20-6-7-21-13(8-12-2-3-12)18-19-14(21)10-20/h12,17,23H,1-11H2. The maximum atomic E-state index is 12.6. The van der Waals surface area contributed by atoms with Crippen LogP contribution in [0.15, 0.2) is 0 Å². The fourth-order valence-corrected chi connectivity index (χ4v) is 3.66. The minimum absolute atomic E-state index is 0.0224. The number of aliphatic hydroxyl groups is 1. The van der Waals surface area contributed by atoms with Crippen molar-refractivity contribution in [2.75, 3.05) is 19.6 Å². The van der Waals surface area contributed by atoms with Gasteiger partial charge in [0.1, 0.15) is 5.82 Å². The maximum Gasteiger partial charge on any atom is 0.225 e. The highest BCUT2D eigenvalue weighted by molar-refractivity contribution is 5.77. The first-order valence-corrected chi connectivity index (χ1v) is 8.75. The Morgan fingerprint density at radius 1 is 1.35 bits per heavy atom. The van der Waals surface area contributed by atoms with Gasteiger partial charge < -0.3 is 19.9 Å². The van der Waals surface area contributed by atoms with Crippen LogP contribution in [-0.2, 0) is 24.3 Å². The van der Waals surface area contributed by atoms with Gasteiger partial charge in [0, 0.05) is 26.1 Å². The summed E-state index contributed by atoms with van der Waals surface area (Å²) in [7, 11) is 0. The number of rotatable bonds is 4. The largest absolute Gasteiger partial charge is 0.388 e. The van der Waals surface area contributed by atoms with Crippen molar-refractivity contribution in [2.45, 2.75) is 57.2 Å². The van der Waals surface area contributed by atoms with E-state index in [1.165, 1.54) is 12.8 Å². The molecule has 2 N–H and O–H groups in total. The van der Waals surface area contributed by atoms with E-state index in [0.717, 1.165) is 43.5 Å². The summed E-state index contributed by atoms with van der Waals surface area (Å²) in [5, 5.41) is 22.3. The Bertz CT molecular complexity index is 589. The Morgan fingerprint density at radius 2 is 2.22 bits per heavy atom. The van der Waals surface area contributed by atoms with E-state index >= 15 is 0 Å². The number of amides is 1. The molecule has 3 heterocycles. The molecule has 1 aromatic rings. The zero-order valence-corrected chi connectivity index (χ0v) is 13.5. The van der Waals surface area contributed by atoms with Gasteiger partial charge in [-0.3, -0.25) is 4.79 Å². The fourth-order valence-electron chi connectivity index (χ4n) is 3.66. The van der Waals surface area contributed by atoms with Crippen molar-refractivity contribution >= 4 is 5.91 Å². The molecule has 2 fully saturated rings. The smallest absolute Gasteiger partial charge is 0.225 e. The van der Waals surface area contributed by atoms with E-state index in [1.54, 1.807) is 0 Å². The van der Waals surface area contributed by atoms with Gasteiger partial charge in [-0.05, 0) is 38.1 Å². The van der Waals surface area contributed by atoms with Gasteiger partial charge in [0.25, 0.3) is 0 Å². The van der Waals surface area contributed by atoms with Gasteiger partial charge >= 0.3 is 0 Å². The fraction of sp³-hybridized carbons (Fsp3) is 0.812. The van der Waals surface area contributed by atoms with Gasteiger partial charge in [-0.2, -0.15) is 0 Å². The lowest BCUT2D eigenvalue weighted by atomic mass is 9.90. The summed E-state index contributed by atoms with van der Waals surface area (Å²) in [6, 6.07) is 0. The first-order valence-electron chi connectivity index (χ1n) is 8.75. The molecule has 1 saturated carbocycles. The number of carbonyl (C=O) groups excluding carboxylic acids is 1. The average Bonchev–Trinajstić information content (AvgIpc) is 3.27. The van der Waals surface area contributed by atoms with Gasteiger partial charge in [-0.25, -0.2) is 0 Å². The van der Waals surface area contributed by atoms with E-state index in [4.69, 9.17) is 0 Å². The SMILES string of the molecule is O=C(CC1(O)CCCNC1)N1CCn2c(CC3CC3)nnc2C1. The molecular weight excluding hydrogens is 294 g/mol. The molecule has 7 heteroatoms. The Labute approximate surface area is 136 Å². The van der Waals surface area contributed by atoms with Crippen molar-refractivity contribution in [3.63, 3.8) is 0 Å². The highest BCUT2D eigenvalue weighted by Gasteiger charge is 2.35. The number of hydrogen-bond donors (Lipinski definition) is 2. The number of nitrogens with zero attached hydrogens (tertiary/aromatic N) is 4. The van der Waals surface area contributed by atoms with Gasteiger partial charge in [0.05, 0.1) is 18.6 Å². The molecule has 0 radical (unpaired) electrons. The van der Waals surface area contributed by atoms with Crippen molar-refractivity contribution in [2.24, 2.45) is 5.92 Å². The van der Waals surface area contributed by atoms with Crippen LogP contribution < -0.4 is 5.32 Å². The number of hydrogen-bond acceptors (Lipinski definition) is 5. The molecule has 3 aliphatic rings. The molecule has 1 unspecified atom stereocenters. The summed E-state index contributed by atoms with van der Waals surface area (Å²) in [5.74, 6) is 2.77. The first-order chi connectivity index (χ1) is 11.1. The Morgan fingerprint density at radius 3 is 2.96 bits per heavy atom. The zero-order chi connectivity index (χ0) is 15.9. The molecule has 1 aromatic heterocycles. The van der Waals surface area contributed by atoms with Gasteiger partial charge in [-0.15, -0.1) is 10.2 Å². The maximum absolute atomic E-state index is 12.6. The van der Waals surface area contributed by atoms with E-state index < -0.39 is 5.60 Å². The molecule has 1 saturated heterocycles. The first kappa shape index (κ1) is 15.1. The van der Waals surface area contributed by atoms with Crippen LogP contribution in [0.5, 0.6) is 0 Å². The Balaban J connectivity index is 1.39. The third-order valence-corrected chi connectivity index (χ3v) is 5.28. The molecule has 0 aromatic carbocycles. The second kappa shape index (κ2) is 5.87. The van der Waals surface area contributed by atoms with Gasteiger partial charge in [0.15, 0.2) is 5.82 Å². The quantitative estimate of drug-likeness (QED) is 0.821. The second-order valence-electron chi connectivity index (χ2n) is 7.33. The van der Waals surface area contributed by atoms with Crippen molar-refractivity contribution in [1.29, 1.82) is 0 Å². The molecule has 2 aliphatic heterocycles. The van der Waals surface area contributed by atoms with Crippen LogP contribution in [0.25, 0.3) is 0 Å². The number of nitrogens with one attached hydrogen (secondary N) is 1. The highest BCUT2D eigenvalue weighted by Crippen LogP contribution is 2.32. The molecule has 1 atom stereocenters. The van der Waals surface area contributed by atoms with E-state index in [-0.39, 0.29) is 12.3 Å². The monoisotopic (exact) mass is 319 g/mol. The topological polar surface area (TPSA) is 83.3 Å². The van der Waals surface area contributed by atoms with E-state index in [9.17, 15) is 9.90 Å². The minimum Gasteiger partial charge on any atom is -0.388 e. The number of aromatic nitrogens is 3. The molecule has 126 valence electrons. The molecule has 0 bridgehead atoms. The van der Waals surface area contributed by atoms with Gasteiger partial charge in [0.2, 0.25) is 5.91 Å². The number of piperidine rings is 1. The van der Waals surface area contributed by atoms with E-state index in [1.807, 2.05) is 4.90 Å². The van der Waals surface area contributed by atoms with Crippen molar-refractivity contribution in [1.82, 2.24) is 25.0 Å².